The number of rotatable bonds is 4. The van der Waals surface area contributed by atoms with Gasteiger partial charge in [-0.2, -0.15) is 5.10 Å². The number of aryl methyl sites for hydroxylation is 3. The Bertz CT molecular complexity index is 725. The van der Waals surface area contributed by atoms with Gasteiger partial charge in [-0.3, -0.25) is 4.68 Å². The van der Waals surface area contributed by atoms with Gasteiger partial charge in [-0.1, -0.05) is 6.92 Å². The molecule has 122 valence electrons. The molecule has 0 radical (unpaired) electrons. The fraction of sp³-hybridized carbons (Fsp3) is 0.500. The Labute approximate surface area is 135 Å². The molecule has 3 rings (SSSR count). The summed E-state index contributed by atoms with van der Waals surface area (Å²) in [5.41, 5.74) is 1.98. The summed E-state index contributed by atoms with van der Waals surface area (Å²) in [4.78, 5) is 22.4. The Morgan fingerprint density at radius 1 is 1.30 bits per heavy atom. The highest BCUT2D eigenvalue weighted by atomic mass is 16.4. The first-order valence-electron chi connectivity index (χ1n) is 7.96. The quantitative estimate of drug-likeness (QED) is 0.929. The largest absolute Gasteiger partial charge is 0.476 e. The lowest BCUT2D eigenvalue weighted by atomic mass is 10.3. The topological polar surface area (TPSA) is 84.1 Å². The van der Waals surface area contributed by atoms with E-state index in [9.17, 15) is 4.79 Å². The first kappa shape index (κ1) is 15.5. The highest BCUT2D eigenvalue weighted by Crippen LogP contribution is 2.20. The van der Waals surface area contributed by atoms with Gasteiger partial charge >= 0.3 is 5.97 Å². The van der Waals surface area contributed by atoms with Crippen LogP contribution in [0, 0.1) is 6.92 Å². The van der Waals surface area contributed by atoms with E-state index in [2.05, 4.69) is 26.9 Å². The Hall–Kier alpha value is -2.44. The van der Waals surface area contributed by atoms with E-state index in [0.717, 1.165) is 55.4 Å². The summed E-state index contributed by atoms with van der Waals surface area (Å²) in [7, 11) is 0. The van der Waals surface area contributed by atoms with Crippen LogP contribution in [0.1, 0.15) is 47.5 Å². The molecule has 2 aromatic rings. The van der Waals surface area contributed by atoms with Gasteiger partial charge in [0.25, 0.3) is 0 Å². The van der Waals surface area contributed by atoms with Crippen LogP contribution < -0.4 is 4.90 Å². The Kier molecular flexibility index (Phi) is 4.27. The van der Waals surface area contributed by atoms with E-state index in [1.54, 1.807) is 10.7 Å². The van der Waals surface area contributed by atoms with Gasteiger partial charge in [-0.05, 0) is 25.8 Å². The lowest BCUT2D eigenvalue weighted by molar-refractivity contribution is 0.0689. The van der Waals surface area contributed by atoms with E-state index in [0.29, 0.717) is 6.54 Å². The molecule has 0 bridgehead atoms. The molecule has 1 aliphatic heterocycles. The summed E-state index contributed by atoms with van der Waals surface area (Å²) in [6.07, 6.45) is 2.78. The molecule has 0 saturated heterocycles. The van der Waals surface area contributed by atoms with Crippen molar-refractivity contribution in [3.8, 4) is 0 Å². The molecule has 1 N–H and O–H groups in total. The molecule has 0 amide bonds. The second-order valence-electron chi connectivity index (χ2n) is 5.86. The second kappa shape index (κ2) is 6.36. The van der Waals surface area contributed by atoms with Crippen molar-refractivity contribution in [2.24, 2.45) is 0 Å². The number of fused-ring (bicyclic) bond motifs is 1. The highest BCUT2D eigenvalue weighted by Gasteiger charge is 2.20. The zero-order chi connectivity index (χ0) is 16.4. The third kappa shape index (κ3) is 3.33. The molecule has 3 heterocycles. The van der Waals surface area contributed by atoms with E-state index in [1.165, 1.54) is 0 Å². The minimum absolute atomic E-state index is 0.104. The molecular formula is C16H21N5O2. The van der Waals surface area contributed by atoms with Gasteiger partial charge < -0.3 is 10.0 Å². The number of hydrogen-bond donors (Lipinski definition) is 1. The molecule has 0 atom stereocenters. The van der Waals surface area contributed by atoms with Crippen molar-refractivity contribution in [2.45, 2.75) is 46.2 Å². The number of hydrogen-bond acceptors (Lipinski definition) is 5. The molecule has 0 spiro atoms. The van der Waals surface area contributed by atoms with Gasteiger partial charge in [0, 0.05) is 31.3 Å². The molecule has 1 aliphatic rings. The molecule has 7 heteroatoms. The third-order valence-electron chi connectivity index (χ3n) is 3.92. The average molecular weight is 315 g/mol. The molecule has 2 aromatic heterocycles. The second-order valence-corrected chi connectivity index (χ2v) is 5.86. The molecule has 23 heavy (non-hydrogen) atoms. The van der Waals surface area contributed by atoms with Crippen LogP contribution in [0.5, 0.6) is 0 Å². The van der Waals surface area contributed by atoms with E-state index >= 15 is 0 Å². The van der Waals surface area contributed by atoms with Crippen molar-refractivity contribution in [2.75, 3.05) is 11.4 Å². The van der Waals surface area contributed by atoms with Crippen molar-refractivity contribution >= 4 is 11.8 Å². The van der Waals surface area contributed by atoms with E-state index in [1.807, 2.05) is 13.0 Å². The lowest BCUT2D eigenvalue weighted by Crippen LogP contribution is -2.24. The lowest BCUT2D eigenvalue weighted by Gasteiger charge is -2.22. The average Bonchev–Trinajstić information content (AvgIpc) is 2.79. The minimum Gasteiger partial charge on any atom is -0.476 e. The summed E-state index contributed by atoms with van der Waals surface area (Å²) in [6, 6.07) is 3.64. The number of aromatic nitrogens is 4. The molecule has 0 unspecified atom stereocenters. The van der Waals surface area contributed by atoms with Crippen LogP contribution in [0.2, 0.25) is 0 Å². The van der Waals surface area contributed by atoms with Crippen molar-refractivity contribution in [1.82, 2.24) is 19.7 Å². The van der Waals surface area contributed by atoms with Gasteiger partial charge in [0.1, 0.15) is 11.6 Å². The van der Waals surface area contributed by atoms with Crippen LogP contribution in [-0.4, -0.2) is 37.4 Å². The normalized spacial score (nSPS) is 14.4. The van der Waals surface area contributed by atoms with Gasteiger partial charge in [-0.25, -0.2) is 14.8 Å². The SMILES string of the molecule is CCCc1nc(C)cc(N2CCCn3nc(C(=O)O)cc3C2)n1. The van der Waals surface area contributed by atoms with E-state index < -0.39 is 5.97 Å². The highest BCUT2D eigenvalue weighted by molar-refractivity contribution is 5.85. The van der Waals surface area contributed by atoms with Crippen molar-refractivity contribution < 1.29 is 9.90 Å². The summed E-state index contributed by atoms with van der Waals surface area (Å²) < 4.78 is 1.80. The van der Waals surface area contributed by atoms with Crippen LogP contribution in [0.15, 0.2) is 12.1 Å². The van der Waals surface area contributed by atoms with Crippen LogP contribution >= 0.6 is 0 Å². The first-order chi connectivity index (χ1) is 11.1. The Morgan fingerprint density at radius 3 is 2.87 bits per heavy atom. The monoisotopic (exact) mass is 315 g/mol. The van der Waals surface area contributed by atoms with Gasteiger partial charge in [0.15, 0.2) is 5.69 Å². The molecule has 0 fully saturated rings. The predicted octanol–water partition coefficient (Wildman–Crippen LogP) is 2.04. The number of carboxylic acid groups (broad SMARTS) is 1. The van der Waals surface area contributed by atoms with Gasteiger partial charge in [-0.15, -0.1) is 0 Å². The van der Waals surface area contributed by atoms with Crippen molar-refractivity contribution in [3.63, 3.8) is 0 Å². The maximum atomic E-state index is 11.1. The number of nitrogens with zero attached hydrogens (tertiary/aromatic N) is 5. The number of carbonyl (C=O) groups is 1. The molecule has 0 aliphatic carbocycles. The zero-order valence-electron chi connectivity index (χ0n) is 13.5. The van der Waals surface area contributed by atoms with E-state index in [-0.39, 0.29) is 5.69 Å². The Balaban J connectivity index is 1.89. The first-order valence-corrected chi connectivity index (χ1v) is 7.96. The molecular weight excluding hydrogens is 294 g/mol. The van der Waals surface area contributed by atoms with E-state index in [4.69, 9.17) is 5.11 Å². The maximum Gasteiger partial charge on any atom is 0.356 e. The van der Waals surface area contributed by atoms with Crippen molar-refractivity contribution in [1.29, 1.82) is 0 Å². The predicted molar refractivity (Wildman–Crippen MR) is 85.6 cm³/mol. The molecule has 0 saturated carbocycles. The summed E-state index contributed by atoms with van der Waals surface area (Å²) >= 11 is 0. The van der Waals surface area contributed by atoms with Crippen molar-refractivity contribution in [3.05, 3.63) is 35.0 Å². The van der Waals surface area contributed by atoms with Crippen LogP contribution in [-0.2, 0) is 19.5 Å². The van der Waals surface area contributed by atoms with Crippen LogP contribution in [0.25, 0.3) is 0 Å². The van der Waals surface area contributed by atoms with Crippen LogP contribution in [0.3, 0.4) is 0 Å². The molecule has 7 nitrogen and oxygen atoms in total. The number of anilines is 1. The smallest absolute Gasteiger partial charge is 0.356 e. The summed E-state index contributed by atoms with van der Waals surface area (Å²) in [5.74, 6) is 0.791. The third-order valence-corrected chi connectivity index (χ3v) is 3.92. The molecule has 0 aromatic carbocycles. The fourth-order valence-corrected chi connectivity index (χ4v) is 2.87. The summed E-state index contributed by atoms with van der Waals surface area (Å²) in [6.45, 7) is 6.30. The fourth-order valence-electron chi connectivity index (χ4n) is 2.87. The maximum absolute atomic E-state index is 11.1. The summed E-state index contributed by atoms with van der Waals surface area (Å²) in [5, 5.41) is 13.3. The Morgan fingerprint density at radius 2 is 2.13 bits per heavy atom. The minimum atomic E-state index is -0.986. The van der Waals surface area contributed by atoms with Gasteiger partial charge in [0.05, 0.1) is 12.2 Å². The van der Waals surface area contributed by atoms with Crippen LogP contribution in [0.4, 0.5) is 5.82 Å². The standard InChI is InChI=1S/C16H21N5O2/c1-3-5-14-17-11(2)8-15(18-14)20-6-4-7-21-12(10-20)9-13(19-21)16(22)23/h8-9H,3-7,10H2,1-2H3,(H,22,23). The number of carboxylic acids is 1. The zero-order valence-corrected chi connectivity index (χ0v) is 13.5. The number of aromatic carboxylic acids is 1. The van der Waals surface area contributed by atoms with Gasteiger partial charge in [0.2, 0.25) is 0 Å².